The summed E-state index contributed by atoms with van der Waals surface area (Å²) < 4.78 is 16.5. The van der Waals surface area contributed by atoms with E-state index in [-0.39, 0.29) is 18.0 Å². The molecule has 0 atom stereocenters. The third-order valence-corrected chi connectivity index (χ3v) is 4.38. The molecule has 0 aromatic carbocycles. The molecular weight excluding hydrogens is 430 g/mol. The van der Waals surface area contributed by atoms with Crippen LogP contribution in [0, 0.1) is 0 Å². The monoisotopic (exact) mass is 455 g/mol. The molecular formula is C19H26BrN3O5. The number of furan rings is 1. The number of carbonyl (C=O) groups excluding carboxylic acids is 2. The van der Waals surface area contributed by atoms with E-state index in [9.17, 15) is 9.59 Å². The molecule has 8 nitrogen and oxygen atoms in total. The van der Waals surface area contributed by atoms with Gasteiger partial charge in [-0.15, -0.1) is 0 Å². The zero-order chi connectivity index (χ0) is 20.7. The SMILES string of the molecule is CCCCOC(=O)N(CCNC(=O)c1ncoc1-c1ccc(Br)o1)C(C)(C)C. The van der Waals surface area contributed by atoms with Crippen LogP contribution in [0.3, 0.4) is 0 Å². The Labute approximate surface area is 172 Å². The summed E-state index contributed by atoms with van der Waals surface area (Å²) in [6, 6.07) is 3.37. The summed E-state index contributed by atoms with van der Waals surface area (Å²) in [6.07, 6.45) is 2.56. The Balaban J connectivity index is 1.96. The van der Waals surface area contributed by atoms with Gasteiger partial charge >= 0.3 is 6.09 Å². The maximum atomic E-state index is 12.5. The zero-order valence-corrected chi connectivity index (χ0v) is 18.2. The van der Waals surface area contributed by atoms with Crippen LogP contribution in [-0.2, 0) is 4.74 Å². The van der Waals surface area contributed by atoms with Crippen LogP contribution in [0.4, 0.5) is 4.79 Å². The van der Waals surface area contributed by atoms with Crippen LogP contribution >= 0.6 is 15.9 Å². The number of nitrogens with one attached hydrogen (secondary N) is 1. The number of ether oxygens (including phenoxy) is 1. The average Bonchev–Trinajstić information content (AvgIpc) is 3.26. The molecule has 0 saturated carbocycles. The van der Waals surface area contributed by atoms with Crippen molar-refractivity contribution in [3.8, 4) is 11.5 Å². The van der Waals surface area contributed by atoms with Gasteiger partial charge < -0.3 is 23.8 Å². The summed E-state index contributed by atoms with van der Waals surface area (Å²) in [4.78, 5) is 30.4. The average molecular weight is 456 g/mol. The number of rotatable bonds is 8. The van der Waals surface area contributed by atoms with Crippen molar-refractivity contribution in [2.45, 2.75) is 46.1 Å². The molecule has 2 aromatic rings. The van der Waals surface area contributed by atoms with Gasteiger partial charge in [-0.2, -0.15) is 0 Å². The fourth-order valence-electron chi connectivity index (χ4n) is 2.47. The van der Waals surface area contributed by atoms with Crippen molar-refractivity contribution in [1.82, 2.24) is 15.2 Å². The van der Waals surface area contributed by atoms with Gasteiger partial charge in [0, 0.05) is 18.6 Å². The Morgan fingerprint density at radius 2 is 2.07 bits per heavy atom. The molecule has 1 N–H and O–H groups in total. The van der Waals surface area contributed by atoms with Gasteiger partial charge in [-0.1, -0.05) is 13.3 Å². The Hall–Kier alpha value is -2.29. The van der Waals surface area contributed by atoms with E-state index in [0.717, 1.165) is 12.8 Å². The number of unbranched alkanes of at least 4 members (excludes halogenated alkanes) is 1. The standard InChI is InChI=1S/C19H26BrN3O5/c1-5-6-11-26-18(25)23(19(2,3)4)10-9-21-17(24)15-16(27-12-22-15)13-7-8-14(20)28-13/h7-8,12H,5-6,9-11H2,1-4H3,(H,21,24). The minimum Gasteiger partial charge on any atom is -0.449 e. The quantitative estimate of drug-likeness (QED) is 0.589. The Morgan fingerprint density at radius 3 is 2.68 bits per heavy atom. The molecule has 0 aliphatic heterocycles. The van der Waals surface area contributed by atoms with E-state index in [0.29, 0.717) is 23.6 Å². The second-order valence-corrected chi connectivity index (χ2v) is 7.96. The molecule has 154 valence electrons. The lowest BCUT2D eigenvalue weighted by Gasteiger charge is -2.34. The molecule has 2 rings (SSSR count). The summed E-state index contributed by atoms with van der Waals surface area (Å²) in [5.41, 5.74) is -0.317. The van der Waals surface area contributed by atoms with Gasteiger partial charge in [-0.3, -0.25) is 4.79 Å². The number of carbonyl (C=O) groups is 2. The van der Waals surface area contributed by atoms with E-state index in [4.69, 9.17) is 13.6 Å². The number of hydrogen-bond acceptors (Lipinski definition) is 6. The van der Waals surface area contributed by atoms with Crippen LogP contribution in [0.15, 0.2) is 32.0 Å². The van der Waals surface area contributed by atoms with Crippen LogP contribution in [0.5, 0.6) is 0 Å². The van der Waals surface area contributed by atoms with E-state index in [1.165, 1.54) is 6.39 Å². The molecule has 0 fully saturated rings. The smallest absolute Gasteiger partial charge is 0.410 e. The van der Waals surface area contributed by atoms with Gasteiger partial charge in [0.15, 0.2) is 22.5 Å². The van der Waals surface area contributed by atoms with Gasteiger partial charge in [0.1, 0.15) is 0 Å². The first-order chi connectivity index (χ1) is 13.2. The van der Waals surface area contributed by atoms with Crippen LogP contribution < -0.4 is 5.32 Å². The fourth-order valence-corrected chi connectivity index (χ4v) is 2.77. The van der Waals surface area contributed by atoms with Crippen molar-refractivity contribution in [2.24, 2.45) is 0 Å². The second-order valence-electron chi connectivity index (χ2n) is 7.18. The van der Waals surface area contributed by atoms with Crippen molar-refractivity contribution in [2.75, 3.05) is 19.7 Å². The van der Waals surface area contributed by atoms with Crippen molar-refractivity contribution in [1.29, 1.82) is 0 Å². The second kappa shape index (κ2) is 9.77. The lowest BCUT2D eigenvalue weighted by Crippen LogP contribution is -2.49. The third-order valence-electron chi connectivity index (χ3n) is 3.95. The highest BCUT2D eigenvalue weighted by atomic mass is 79.9. The highest BCUT2D eigenvalue weighted by Crippen LogP contribution is 2.27. The van der Waals surface area contributed by atoms with Crippen LogP contribution in [-0.4, -0.2) is 47.1 Å². The lowest BCUT2D eigenvalue weighted by atomic mass is 10.1. The number of nitrogens with zero attached hydrogens (tertiary/aromatic N) is 2. The van der Waals surface area contributed by atoms with Crippen molar-refractivity contribution >= 4 is 27.9 Å². The van der Waals surface area contributed by atoms with Gasteiger partial charge in [-0.05, 0) is 55.3 Å². The highest BCUT2D eigenvalue weighted by molar-refractivity contribution is 9.10. The minimum absolute atomic E-state index is 0.120. The van der Waals surface area contributed by atoms with Crippen LogP contribution in [0.1, 0.15) is 51.0 Å². The Morgan fingerprint density at radius 1 is 1.32 bits per heavy atom. The van der Waals surface area contributed by atoms with E-state index in [2.05, 4.69) is 26.2 Å². The molecule has 0 radical (unpaired) electrons. The van der Waals surface area contributed by atoms with E-state index < -0.39 is 17.5 Å². The first-order valence-electron chi connectivity index (χ1n) is 9.15. The van der Waals surface area contributed by atoms with Gasteiger partial charge in [0.2, 0.25) is 5.76 Å². The van der Waals surface area contributed by atoms with Crippen molar-refractivity contribution in [3.63, 3.8) is 0 Å². The third kappa shape index (κ3) is 5.85. The topological polar surface area (TPSA) is 97.8 Å². The van der Waals surface area contributed by atoms with Crippen molar-refractivity contribution < 1.29 is 23.2 Å². The molecule has 28 heavy (non-hydrogen) atoms. The molecule has 0 bridgehead atoms. The van der Waals surface area contributed by atoms with E-state index in [1.807, 2.05) is 27.7 Å². The predicted molar refractivity (Wildman–Crippen MR) is 107 cm³/mol. The molecule has 2 heterocycles. The summed E-state index contributed by atoms with van der Waals surface area (Å²) in [6.45, 7) is 8.72. The van der Waals surface area contributed by atoms with E-state index in [1.54, 1.807) is 17.0 Å². The number of oxazole rings is 1. The molecule has 2 aromatic heterocycles. The summed E-state index contributed by atoms with van der Waals surface area (Å²) in [5, 5.41) is 2.76. The molecule has 0 aliphatic rings. The predicted octanol–water partition coefficient (Wildman–Crippen LogP) is 4.46. The van der Waals surface area contributed by atoms with Crippen LogP contribution in [0.2, 0.25) is 0 Å². The number of amides is 2. The van der Waals surface area contributed by atoms with E-state index >= 15 is 0 Å². The van der Waals surface area contributed by atoms with Gasteiger partial charge in [0.05, 0.1) is 6.61 Å². The van der Waals surface area contributed by atoms with Gasteiger partial charge in [-0.25, -0.2) is 9.78 Å². The maximum absolute atomic E-state index is 12.5. The van der Waals surface area contributed by atoms with Crippen LogP contribution in [0.25, 0.3) is 11.5 Å². The molecule has 0 saturated heterocycles. The number of aromatic nitrogens is 1. The maximum Gasteiger partial charge on any atom is 0.410 e. The highest BCUT2D eigenvalue weighted by Gasteiger charge is 2.28. The number of halogens is 1. The van der Waals surface area contributed by atoms with Crippen molar-refractivity contribution in [3.05, 3.63) is 28.9 Å². The summed E-state index contributed by atoms with van der Waals surface area (Å²) in [7, 11) is 0. The largest absolute Gasteiger partial charge is 0.449 e. The lowest BCUT2D eigenvalue weighted by molar-refractivity contribution is 0.0659. The molecule has 0 aliphatic carbocycles. The Bertz CT molecular complexity index is 794. The Kier molecular flexibility index (Phi) is 7.68. The normalized spacial score (nSPS) is 11.3. The first-order valence-corrected chi connectivity index (χ1v) is 9.95. The molecule has 9 heteroatoms. The molecule has 0 spiro atoms. The minimum atomic E-state index is -0.437. The summed E-state index contributed by atoms with van der Waals surface area (Å²) in [5.74, 6) is 0.227. The summed E-state index contributed by atoms with van der Waals surface area (Å²) >= 11 is 3.21. The number of hydrogen-bond donors (Lipinski definition) is 1. The fraction of sp³-hybridized carbons (Fsp3) is 0.526. The molecule has 0 unspecified atom stereocenters. The van der Waals surface area contributed by atoms with Gasteiger partial charge in [0.25, 0.3) is 5.91 Å². The molecule has 2 amide bonds. The first kappa shape index (κ1) is 22.0. The zero-order valence-electron chi connectivity index (χ0n) is 16.6.